The molecule has 190 valence electrons. The van der Waals surface area contributed by atoms with E-state index >= 15 is 0 Å². The van der Waals surface area contributed by atoms with E-state index in [1.54, 1.807) is 0 Å². The number of carbonyl (C=O) groups is 1. The Morgan fingerprint density at radius 1 is 0.853 bits per heavy atom. The van der Waals surface area contributed by atoms with Gasteiger partial charge in [-0.2, -0.15) is 4.39 Å². The van der Waals surface area contributed by atoms with E-state index in [0.717, 1.165) is 63.2 Å². The lowest BCUT2D eigenvalue weighted by Gasteiger charge is -2.35. The van der Waals surface area contributed by atoms with Gasteiger partial charge in [0.25, 0.3) is 0 Å². The summed E-state index contributed by atoms with van der Waals surface area (Å²) in [5, 5.41) is 0. The highest BCUT2D eigenvalue weighted by atomic mass is 19.2. The van der Waals surface area contributed by atoms with Gasteiger partial charge in [-0.25, -0.2) is 4.39 Å². The Morgan fingerprint density at radius 3 is 2.21 bits per heavy atom. The van der Waals surface area contributed by atoms with Crippen LogP contribution in [0.15, 0.2) is 12.1 Å². The molecular weight excluding hydrogens is 434 g/mol. The Kier molecular flexibility index (Phi) is 9.38. The Balaban J connectivity index is 1.24. The van der Waals surface area contributed by atoms with Gasteiger partial charge in [0.15, 0.2) is 11.6 Å². The van der Waals surface area contributed by atoms with E-state index in [2.05, 4.69) is 6.92 Å². The molecule has 3 saturated carbocycles. The van der Waals surface area contributed by atoms with Crippen LogP contribution in [0.5, 0.6) is 5.75 Å². The lowest BCUT2D eigenvalue weighted by Crippen LogP contribution is -2.29. The zero-order valence-corrected chi connectivity index (χ0v) is 20.8. The van der Waals surface area contributed by atoms with E-state index in [-0.39, 0.29) is 29.9 Å². The maximum absolute atomic E-state index is 14.7. The van der Waals surface area contributed by atoms with Crippen LogP contribution in [0.3, 0.4) is 0 Å². The van der Waals surface area contributed by atoms with Crippen molar-refractivity contribution < 1.29 is 23.0 Å². The molecule has 0 amide bonds. The quantitative estimate of drug-likeness (QED) is 0.281. The van der Waals surface area contributed by atoms with E-state index in [9.17, 15) is 13.6 Å². The molecule has 0 atom stereocenters. The lowest BCUT2D eigenvalue weighted by atomic mass is 9.71. The summed E-state index contributed by atoms with van der Waals surface area (Å²) >= 11 is 0. The molecule has 3 nitrogen and oxygen atoms in total. The summed E-state index contributed by atoms with van der Waals surface area (Å²) in [6.07, 6.45) is 17.1. The maximum atomic E-state index is 14.7. The van der Waals surface area contributed by atoms with E-state index in [0.29, 0.717) is 5.92 Å². The first-order chi connectivity index (χ1) is 16.5. The molecule has 3 fully saturated rings. The van der Waals surface area contributed by atoms with Crippen molar-refractivity contribution in [1.82, 2.24) is 0 Å². The summed E-state index contributed by atoms with van der Waals surface area (Å²) in [5.41, 5.74) is 0.181. The zero-order chi connectivity index (χ0) is 23.9. The van der Waals surface area contributed by atoms with Crippen molar-refractivity contribution in [3.8, 4) is 5.75 Å². The highest BCUT2D eigenvalue weighted by Crippen LogP contribution is 2.40. The van der Waals surface area contributed by atoms with Crippen LogP contribution < -0.4 is 4.74 Å². The summed E-state index contributed by atoms with van der Waals surface area (Å²) in [5.74, 6) is -0.710. The molecule has 0 heterocycles. The summed E-state index contributed by atoms with van der Waals surface area (Å²) in [7, 11) is 0. The van der Waals surface area contributed by atoms with Crippen LogP contribution in [0.25, 0.3) is 0 Å². The van der Waals surface area contributed by atoms with Gasteiger partial charge >= 0.3 is 5.97 Å². The molecule has 5 heteroatoms. The van der Waals surface area contributed by atoms with Crippen LogP contribution in [0, 0.1) is 35.3 Å². The summed E-state index contributed by atoms with van der Waals surface area (Å²) in [4.78, 5) is 12.7. The highest BCUT2D eigenvalue weighted by Gasteiger charge is 2.33. The van der Waals surface area contributed by atoms with Gasteiger partial charge in [0.1, 0.15) is 0 Å². The van der Waals surface area contributed by atoms with E-state index in [1.807, 2.05) is 0 Å². The van der Waals surface area contributed by atoms with Crippen LogP contribution in [0.1, 0.15) is 109 Å². The molecule has 0 aromatic heterocycles. The SMILES string of the molecule is CCCC1CCC(OCc2ccc(OC(=O)C3CCC(C4CCCCC4)CC3)c(F)c2F)CC1. The largest absolute Gasteiger partial charge is 0.423 e. The first-order valence-corrected chi connectivity index (χ1v) is 13.8. The monoisotopic (exact) mass is 476 g/mol. The van der Waals surface area contributed by atoms with Gasteiger partial charge in [-0.05, 0) is 81.3 Å². The van der Waals surface area contributed by atoms with Gasteiger partial charge in [0, 0.05) is 5.56 Å². The molecule has 0 spiro atoms. The number of hydrogen-bond donors (Lipinski definition) is 0. The predicted molar refractivity (Wildman–Crippen MR) is 129 cm³/mol. The molecule has 34 heavy (non-hydrogen) atoms. The van der Waals surface area contributed by atoms with Crippen LogP contribution in [-0.2, 0) is 16.1 Å². The van der Waals surface area contributed by atoms with Gasteiger partial charge in [-0.15, -0.1) is 0 Å². The first-order valence-electron chi connectivity index (χ1n) is 13.8. The van der Waals surface area contributed by atoms with Crippen molar-refractivity contribution in [1.29, 1.82) is 0 Å². The Hall–Kier alpha value is -1.49. The number of halogens is 2. The van der Waals surface area contributed by atoms with Crippen molar-refractivity contribution in [2.24, 2.45) is 23.7 Å². The molecule has 1 aromatic rings. The third-order valence-electron chi connectivity index (χ3n) is 8.72. The molecule has 3 aliphatic rings. The summed E-state index contributed by atoms with van der Waals surface area (Å²) in [6, 6.07) is 2.87. The Bertz CT molecular complexity index is 789. The number of esters is 1. The molecule has 0 aliphatic heterocycles. The van der Waals surface area contributed by atoms with Gasteiger partial charge in [-0.1, -0.05) is 51.9 Å². The second kappa shape index (κ2) is 12.5. The van der Waals surface area contributed by atoms with Gasteiger partial charge < -0.3 is 9.47 Å². The van der Waals surface area contributed by atoms with Crippen molar-refractivity contribution in [3.63, 3.8) is 0 Å². The number of carbonyl (C=O) groups excluding carboxylic acids is 1. The molecule has 0 unspecified atom stereocenters. The minimum Gasteiger partial charge on any atom is -0.423 e. The molecular formula is C29H42F2O3. The van der Waals surface area contributed by atoms with Crippen molar-refractivity contribution in [3.05, 3.63) is 29.3 Å². The standard InChI is InChI=1S/C29H42F2O3/c1-2-6-20-9-16-25(17-10-20)33-19-24-15-18-26(28(31)27(24)30)34-29(32)23-13-11-22(12-14-23)21-7-4-3-5-8-21/h15,18,20-23,25H,2-14,16-17,19H2,1H3. The van der Waals surface area contributed by atoms with Crippen LogP contribution >= 0.6 is 0 Å². The molecule has 4 rings (SSSR count). The fraction of sp³-hybridized carbons (Fsp3) is 0.759. The average molecular weight is 477 g/mol. The first kappa shape index (κ1) is 25.6. The van der Waals surface area contributed by atoms with Gasteiger partial charge in [0.2, 0.25) is 5.82 Å². The van der Waals surface area contributed by atoms with Crippen LogP contribution in [0.4, 0.5) is 8.78 Å². The second-order valence-electron chi connectivity index (χ2n) is 11.0. The maximum Gasteiger partial charge on any atom is 0.314 e. The number of benzene rings is 1. The molecule has 1 aromatic carbocycles. The molecule has 0 N–H and O–H groups in total. The third-order valence-corrected chi connectivity index (χ3v) is 8.72. The fourth-order valence-corrected chi connectivity index (χ4v) is 6.59. The number of ether oxygens (including phenoxy) is 2. The second-order valence-corrected chi connectivity index (χ2v) is 11.0. The normalized spacial score (nSPS) is 28.6. The van der Waals surface area contributed by atoms with Crippen molar-refractivity contribution in [2.75, 3.05) is 0 Å². The average Bonchev–Trinajstić information content (AvgIpc) is 2.88. The van der Waals surface area contributed by atoms with E-state index < -0.39 is 17.6 Å². The fourth-order valence-electron chi connectivity index (χ4n) is 6.59. The summed E-state index contributed by atoms with van der Waals surface area (Å²) in [6.45, 7) is 2.26. The molecule has 0 saturated heterocycles. The lowest BCUT2D eigenvalue weighted by molar-refractivity contribution is -0.140. The molecule has 0 radical (unpaired) electrons. The smallest absolute Gasteiger partial charge is 0.314 e. The van der Waals surface area contributed by atoms with Crippen LogP contribution in [-0.4, -0.2) is 12.1 Å². The zero-order valence-electron chi connectivity index (χ0n) is 20.8. The topological polar surface area (TPSA) is 35.5 Å². The highest BCUT2D eigenvalue weighted by molar-refractivity contribution is 5.75. The van der Waals surface area contributed by atoms with Crippen molar-refractivity contribution in [2.45, 2.75) is 116 Å². The van der Waals surface area contributed by atoms with E-state index in [4.69, 9.17) is 9.47 Å². The minimum atomic E-state index is -1.09. The van der Waals surface area contributed by atoms with E-state index in [1.165, 1.54) is 57.1 Å². The molecule has 3 aliphatic carbocycles. The van der Waals surface area contributed by atoms with Crippen molar-refractivity contribution >= 4 is 5.97 Å². The van der Waals surface area contributed by atoms with Crippen LogP contribution in [0.2, 0.25) is 0 Å². The van der Waals surface area contributed by atoms with Gasteiger partial charge in [-0.3, -0.25) is 4.79 Å². The predicted octanol–water partition coefficient (Wildman–Crippen LogP) is 8.13. The third kappa shape index (κ3) is 6.59. The number of rotatable bonds is 8. The Morgan fingerprint density at radius 2 is 1.53 bits per heavy atom. The van der Waals surface area contributed by atoms with Gasteiger partial charge in [0.05, 0.1) is 18.6 Å². The minimum absolute atomic E-state index is 0.0469. The summed E-state index contributed by atoms with van der Waals surface area (Å²) < 4.78 is 40.6. The molecule has 0 bridgehead atoms. The Labute approximate surface area is 204 Å². The number of hydrogen-bond acceptors (Lipinski definition) is 3.